The van der Waals surface area contributed by atoms with Crippen LogP contribution in [-0.2, 0) is 17.5 Å². The highest BCUT2D eigenvalue weighted by molar-refractivity contribution is 7.21. The minimum absolute atomic E-state index is 0.0263. The largest absolute Gasteiger partial charge is 0.433 e. The first kappa shape index (κ1) is 25.8. The molecule has 4 rings (SSSR count). The van der Waals surface area contributed by atoms with Crippen LogP contribution in [0.2, 0.25) is 0 Å². The molecular weight excluding hydrogens is 513 g/mol. The lowest BCUT2D eigenvalue weighted by Gasteiger charge is -2.14. The summed E-state index contributed by atoms with van der Waals surface area (Å²) in [6, 6.07) is 10.3. The summed E-state index contributed by atoms with van der Waals surface area (Å²) in [4.78, 5) is 39.1. The fourth-order valence-corrected chi connectivity index (χ4v) is 4.74. The lowest BCUT2D eigenvalue weighted by molar-refractivity contribution is -0.389. The number of carbonyl (C=O) groups is 2. The molecule has 0 radical (unpaired) electrons. The molecule has 1 atom stereocenters. The standard InChI is InChI=1S/C23H19F3N6O4S/c1-11(10-31-12(2)8-16(30-31)32(35)36)21(34)29-18-17-14(13-6-4-3-5-7-13)9-15(23(24,25)26)28-22(17)37-19(18)20(27)33/h3-9,11H,10H2,1-2H3,(H2,27,33)(H,29,34). The number of carbonyl (C=O) groups excluding carboxylic acids is 2. The number of nitrogens with zero attached hydrogens (tertiary/aromatic N) is 4. The van der Waals surface area contributed by atoms with Gasteiger partial charge in [-0.05, 0) is 29.0 Å². The summed E-state index contributed by atoms with van der Waals surface area (Å²) in [5, 5.41) is 17.6. The van der Waals surface area contributed by atoms with Crippen molar-refractivity contribution in [2.45, 2.75) is 26.6 Å². The number of alkyl halides is 3. The van der Waals surface area contributed by atoms with Gasteiger partial charge in [0.1, 0.15) is 15.4 Å². The van der Waals surface area contributed by atoms with Gasteiger partial charge in [0.05, 0.1) is 35.0 Å². The number of aryl methyl sites for hydroxylation is 1. The topological polar surface area (TPSA) is 146 Å². The Labute approximate surface area is 211 Å². The van der Waals surface area contributed by atoms with Gasteiger partial charge in [-0.1, -0.05) is 37.3 Å². The average molecular weight is 533 g/mol. The minimum atomic E-state index is -4.75. The number of benzene rings is 1. The first-order valence-corrected chi connectivity index (χ1v) is 11.6. The van der Waals surface area contributed by atoms with E-state index in [0.29, 0.717) is 22.6 Å². The smallest absolute Gasteiger partial charge is 0.365 e. The third kappa shape index (κ3) is 5.14. The van der Waals surface area contributed by atoms with E-state index < -0.39 is 34.5 Å². The Morgan fingerprint density at radius 3 is 2.49 bits per heavy atom. The monoisotopic (exact) mass is 532 g/mol. The van der Waals surface area contributed by atoms with Crippen LogP contribution in [0.25, 0.3) is 21.3 Å². The third-order valence-corrected chi connectivity index (χ3v) is 6.66. The summed E-state index contributed by atoms with van der Waals surface area (Å²) >= 11 is 0.645. The van der Waals surface area contributed by atoms with Crippen molar-refractivity contribution in [3.8, 4) is 11.1 Å². The summed E-state index contributed by atoms with van der Waals surface area (Å²) in [6.45, 7) is 3.11. The van der Waals surface area contributed by atoms with Gasteiger partial charge in [-0.2, -0.15) is 17.9 Å². The summed E-state index contributed by atoms with van der Waals surface area (Å²) in [7, 11) is 0. The SMILES string of the molecule is Cc1cc([N+](=O)[O-])nn1CC(C)C(=O)Nc1c(C(N)=O)sc2nc(C(F)(F)F)cc(-c3ccccc3)c12. The van der Waals surface area contributed by atoms with Gasteiger partial charge in [0, 0.05) is 5.39 Å². The Morgan fingerprint density at radius 1 is 1.24 bits per heavy atom. The van der Waals surface area contributed by atoms with E-state index >= 15 is 0 Å². The molecule has 3 heterocycles. The van der Waals surface area contributed by atoms with Crippen LogP contribution in [0.5, 0.6) is 0 Å². The molecule has 0 saturated heterocycles. The van der Waals surface area contributed by atoms with Gasteiger partial charge in [-0.25, -0.2) is 4.98 Å². The molecule has 3 N–H and O–H groups in total. The van der Waals surface area contributed by atoms with Crippen LogP contribution in [0.3, 0.4) is 0 Å². The van der Waals surface area contributed by atoms with Crippen LogP contribution < -0.4 is 11.1 Å². The van der Waals surface area contributed by atoms with Crippen molar-refractivity contribution >= 4 is 44.9 Å². The molecule has 0 bridgehead atoms. The van der Waals surface area contributed by atoms with E-state index in [1.807, 2.05) is 0 Å². The Bertz CT molecular complexity index is 1530. The molecule has 1 unspecified atom stereocenters. The van der Waals surface area contributed by atoms with Gasteiger partial charge in [0.25, 0.3) is 5.91 Å². The second kappa shape index (κ2) is 9.61. The number of hydrogen-bond donors (Lipinski definition) is 2. The number of hydrogen-bond acceptors (Lipinski definition) is 7. The van der Waals surface area contributed by atoms with Gasteiger partial charge < -0.3 is 21.2 Å². The molecule has 37 heavy (non-hydrogen) atoms. The Morgan fingerprint density at radius 2 is 1.92 bits per heavy atom. The fourth-order valence-electron chi connectivity index (χ4n) is 3.74. The zero-order chi connectivity index (χ0) is 27.1. The number of primary amides is 1. The van der Waals surface area contributed by atoms with E-state index in [-0.39, 0.29) is 38.7 Å². The van der Waals surface area contributed by atoms with E-state index in [1.54, 1.807) is 44.2 Å². The summed E-state index contributed by atoms with van der Waals surface area (Å²) in [5.74, 6) is -2.71. The molecule has 0 aliphatic heterocycles. The number of nitrogens with two attached hydrogens (primary N) is 1. The second-order valence-corrected chi connectivity index (χ2v) is 9.24. The maximum Gasteiger partial charge on any atom is 0.433 e. The van der Waals surface area contributed by atoms with Crippen LogP contribution in [0.1, 0.15) is 28.0 Å². The number of aromatic nitrogens is 3. The van der Waals surface area contributed by atoms with Gasteiger partial charge in [0.2, 0.25) is 5.91 Å². The van der Waals surface area contributed by atoms with Gasteiger partial charge in [0.15, 0.2) is 0 Å². The van der Waals surface area contributed by atoms with Gasteiger partial charge >= 0.3 is 12.0 Å². The maximum atomic E-state index is 13.6. The molecule has 2 amide bonds. The molecule has 0 fully saturated rings. The van der Waals surface area contributed by atoms with Crippen molar-refractivity contribution in [3.63, 3.8) is 0 Å². The highest BCUT2D eigenvalue weighted by Gasteiger charge is 2.35. The Balaban J connectivity index is 1.79. The van der Waals surface area contributed by atoms with E-state index in [0.717, 1.165) is 6.07 Å². The maximum absolute atomic E-state index is 13.6. The first-order chi connectivity index (χ1) is 17.4. The van der Waals surface area contributed by atoms with E-state index in [9.17, 15) is 32.9 Å². The molecule has 1 aromatic carbocycles. The first-order valence-electron chi connectivity index (χ1n) is 10.8. The van der Waals surface area contributed by atoms with Crippen molar-refractivity contribution in [1.29, 1.82) is 0 Å². The molecule has 10 nitrogen and oxygen atoms in total. The van der Waals surface area contributed by atoms with E-state index in [1.165, 1.54) is 10.7 Å². The van der Waals surface area contributed by atoms with Crippen LogP contribution in [0, 0.1) is 23.0 Å². The zero-order valence-electron chi connectivity index (χ0n) is 19.4. The number of pyridine rings is 1. The summed E-state index contributed by atoms with van der Waals surface area (Å²) < 4.78 is 42.1. The highest BCUT2D eigenvalue weighted by atomic mass is 32.1. The highest BCUT2D eigenvalue weighted by Crippen LogP contribution is 2.43. The van der Waals surface area contributed by atoms with Crippen LogP contribution in [0.15, 0.2) is 42.5 Å². The molecule has 192 valence electrons. The Hall–Kier alpha value is -4.33. The van der Waals surface area contributed by atoms with Crippen molar-refractivity contribution in [2.75, 3.05) is 5.32 Å². The van der Waals surface area contributed by atoms with Gasteiger partial charge in [-0.3, -0.25) is 9.59 Å². The molecule has 14 heteroatoms. The Kier molecular flexibility index (Phi) is 6.69. The second-order valence-electron chi connectivity index (χ2n) is 8.24. The van der Waals surface area contributed by atoms with Crippen molar-refractivity contribution in [1.82, 2.24) is 14.8 Å². The number of nitrogens with one attached hydrogen (secondary N) is 1. The lowest BCUT2D eigenvalue weighted by Crippen LogP contribution is -2.26. The average Bonchev–Trinajstić information content (AvgIpc) is 3.39. The number of nitro groups is 1. The molecule has 4 aromatic rings. The van der Waals surface area contributed by atoms with Crippen molar-refractivity contribution < 1.29 is 27.7 Å². The molecule has 3 aromatic heterocycles. The number of rotatable bonds is 7. The molecule has 0 saturated carbocycles. The molecular formula is C23H19F3N6O4S. The van der Waals surface area contributed by atoms with Crippen LogP contribution in [-0.4, -0.2) is 31.5 Å². The molecule has 0 aliphatic carbocycles. The van der Waals surface area contributed by atoms with E-state index in [4.69, 9.17) is 5.73 Å². The van der Waals surface area contributed by atoms with Crippen LogP contribution >= 0.6 is 11.3 Å². The van der Waals surface area contributed by atoms with Gasteiger partial charge in [-0.15, -0.1) is 11.3 Å². The quantitative estimate of drug-likeness (QED) is 0.259. The number of fused-ring (bicyclic) bond motifs is 1. The summed E-state index contributed by atoms with van der Waals surface area (Å²) in [6.07, 6.45) is -4.75. The predicted octanol–water partition coefficient (Wildman–Crippen LogP) is 4.77. The lowest BCUT2D eigenvalue weighted by atomic mass is 10.0. The third-order valence-electron chi connectivity index (χ3n) is 5.56. The number of amides is 2. The number of thiophene rings is 1. The summed E-state index contributed by atoms with van der Waals surface area (Å²) in [5.41, 5.74) is 5.29. The normalized spacial score (nSPS) is 12.5. The molecule has 0 aliphatic rings. The van der Waals surface area contributed by atoms with Crippen LogP contribution in [0.4, 0.5) is 24.7 Å². The predicted molar refractivity (Wildman–Crippen MR) is 130 cm³/mol. The minimum Gasteiger partial charge on any atom is -0.365 e. The number of halogens is 3. The van der Waals surface area contributed by atoms with Crippen molar-refractivity contribution in [2.24, 2.45) is 11.7 Å². The number of anilines is 1. The van der Waals surface area contributed by atoms with Crippen molar-refractivity contribution in [3.05, 3.63) is 68.8 Å². The fraction of sp³-hybridized carbons (Fsp3) is 0.217. The zero-order valence-corrected chi connectivity index (χ0v) is 20.2. The molecule has 0 spiro atoms. The van der Waals surface area contributed by atoms with E-state index in [2.05, 4.69) is 15.4 Å².